The van der Waals surface area contributed by atoms with Gasteiger partial charge in [0.1, 0.15) is 0 Å². The first-order valence-corrected chi connectivity index (χ1v) is 4.45. The van der Waals surface area contributed by atoms with Gasteiger partial charge in [0, 0.05) is 0 Å². The Morgan fingerprint density at radius 1 is 1.42 bits per heavy atom. The zero-order valence-electron chi connectivity index (χ0n) is 7.46. The van der Waals surface area contributed by atoms with Gasteiger partial charge in [-0.25, -0.2) is 0 Å². The number of allylic oxidation sites excluding steroid dienone is 1. The highest BCUT2D eigenvalue weighted by atomic mass is 14.5. The molecule has 0 unspecified atom stereocenters. The molecule has 0 radical (unpaired) electrons. The fourth-order valence-corrected chi connectivity index (χ4v) is 1.79. The smallest absolute Gasteiger partial charge is 0.00649 e. The van der Waals surface area contributed by atoms with Gasteiger partial charge in [-0.1, -0.05) is 43.3 Å². The molecule has 0 bridgehead atoms. The first-order valence-electron chi connectivity index (χ1n) is 4.45. The van der Waals surface area contributed by atoms with E-state index in [1.54, 1.807) is 0 Å². The Kier molecular flexibility index (Phi) is 1.57. The van der Waals surface area contributed by atoms with Crippen LogP contribution in [0.5, 0.6) is 0 Å². The van der Waals surface area contributed by atoms with Gasteiger partial charge in [-0.05, 0) is 23.3 Å². The quantitative estimate of drug-likeness (QED) is 0.579. The van der Waals surface area contributed by atoms with Crippen LogP contribution in [0.4, 0.5) is 0 Å². The van der Waals surface area contributed by atoms with Gasteiger partial charge in [-0.2, -0.15) is 0 Å². The molecule has 0 amide bonds. The standard InChI is InChI=1S/C12H14/c1-3-12(2)9-11(12)10-7-5-4-6-8-10/h3-8,11H,1,9H2,2H3/t11-,12+/m1/s1. The van der Waals surface area contributed by atoms with Crippen LogP contribution in [0.15, 0.2) is 43.0 Å². The lowest BCUT2D eigenvalue weighted by Gasteiger charge is -2.03. The van der Waals surface area contributed by atoms with Crippen molar-refractivity contribution >= 4 is 0 Å². The third-order valence-corrected chi connectivity index (χ3v) is 2.95. The molecule has 1 fully saturated rings. The van der Waals surface area contributed by atoms with Crippen molar-refractivity contribution in [1.29, 1.82) is 0 Å². The number of hydrogen-bond acceptors (Lipinski definition) is 0. The van der Waals surface area contributed by atoms with Crippen molar-refractivity contribution in [2.24, 2.45) is 5.41 Å². The number of hydrogen-bond donors (Lipinski definition) is 0. The average Bonchev–Trinajstić information content (AvgIpc) is 2.81. The van der Waals surface area contributed by atoms with Gasteiger partial charge >= 0.3 is 0 Å². The maximum Gasteiger partial charge on any atom is -0.00649 e. The van der Waals surface area contributed by atoms with Crippen LogP contribution in [0, 0.1) is 5.41 Å². The topological polar surface area (TPSA) is 0 Å². The van der Waals surface area contributed by atoms with Crippen LogP contribution in [0.1, 0.15) is 24.8 Å². The van der Waals surface area contributed by atoms with Gasteiger partial charge in [-0.3, -0.25) is 0 Å². The molecular formula is C12H14. The van der Waals surface area contributed by atoms with Gasteiger partial charge in [-0.15, -0.1) is 6.58 Å². The average molecular weight is 158 g/mol. The zero-order chi connectivity index (χ0) is 8.60. The van der Waals surface area contributed by atoms with E-state index in [1.165, 1.54) is 12.0 Å². The second-order valence-electron chi connectivity index (χ2n) is 3.88. The summed E-state index contributed by atoms with van der Waals surface area (Å²) in [7, 11) is 0. The maximum absolute atomic E-state index is 3.87. The summed E-state index contributed by atoms with van der Waals surface area (Å²) in [5, 5.41) is 0. The minimum absolute atomic E-state index is 0.376. The van der Waals surface area contributed by atoms with E-state index in [1.807, 2.05) is 0 Å². The van der Waals surface area contributed by atoms with Gasteiger partial charge in [0.15, 0.2) is 0 Å². The summed E-state index contributed by atoms with van der Waals surface area (Å²) in [5.41, 5.74) is 1.83. The van der Waals surface area contributed by atoms with Crippen LogP contribution >= 0.6 is 0 Å². The maximum atomic E-state index is 3.87. The predicted molar refractivity (Wildman–Crippen MR) is 52.1 cm³/mol. The van der Waals surface area contributed by atoms with Crippen LogP contribution in [-0.4, -0.2) is 0 Å². The van der Waals surface area contributed by atoms with Crippen LogP contribution in [0.3, 0.4) is 0 Å². The molecule has 2 rings (SSSR count). The molecule has 0 saturated heterocycles. The fourth-order valence-electron chi connectivity index (χ4n) is 1.79. The van der Waals surface area contributed by atoms with Crippen LogP contribution < -0.4 is 0 Å². The van der Waals surface area contributed by atoms with Gasteiger partial charge < -0.3 is 0 Å². The SMILES string of the molecule is C=C[C@@]1(C)C[C@@H]1c1ccccc1. The molecule has 62 valence electrons. The molecule has 1 aromatic rings. The summed E-state index contributed by atoms with van der Waals surface area (Å²) < 4.78 is 0. The molecule has 0 spiro atoms. The lowest BCUT2D eigenvalue weighted by Crippen LogP contribution is -1.90. The Hall–Kier alpha value is -1.04. The summed E-state index contributed by atoms with van der Waals surface area (Å²) in [4.78, 5) is 0. The highest BCUT2D eigenvalue weighted by molar-refractivity contribution is 5.32. The Bertz CT molecular complexity index is 286. The molecule has 0 nitrogen and oxygen atoms in total. The van der Waals surface area contributed by atoms with Crippen LogP contribution in [0.2, 0.25) is 0 Å². The zero-order valence-corrected chi connectivity index (χ0v) is 7.46. The van der Waals surface area contributed by atoms with Crippen molar-refractivity contribution in [3.63, 3.8) is 0 Å². The number of rotatable bonds is 2. The van der Waals surface area contributed by atoms with Crippen LogP contribution in [0.25, 0.3) is 0 Å². The molecule has 1 saturated carbocycles. The summed E-state index contributed by atoms with van der Waals surface area (Å²) in [6.07, 6.45) is 3.35. The van der Waals surface area contributed by atoms with Crippen molar-refractivity contribution in [2.45, 2.75) is 19.3 Å². The second kappa shape index (κ2) is 2.48. The molecule has 1 aliphatic carbocycles. The molecule has 2 atom stereocenters. The highest BCUT2D eigenvalue weighted by Crippen LogP contribution is 2.59. The molecule has 0 heteroatoms. The van der Waals surface area contributed by atoms with Crippen LogP contribution in [-0.2, 0) is 0 Å². The molecule has 1 aliphatic rings. The lowest BCUT2D eigenvalue weighted by molar-refractivity contribution is 0.711. The van der Waals surface area contributed by atoms with E-state index in [0.717, 1.165) is 5.92 Å². The van der Waals surface area contributed by atoms with E-state index in [0.29, 0.717) is 5.41 Å². The van der Waals surface area contributed by atoms with Crippen molar-refractivity contribution in [1.82, 2.24) is 0 Å². The molecule has 0 aliphatic heterocycles. The third-order valence-electron chi connectivity index (χ3n) is 2.95. The first-order chi connectivity index (χ1) is 5.76. The highest BCUT2D eigenvalue weighted by Gasteiger charge is 2.47. The lowest BCUT2D eigenvalue weighted by atomic mass is 10.0. The first kappa shape index (κ1) is 7.60. The van der Waals surface area contributed by atoms with Gasteiger partial charge in [0.25, 0.3) is 0 Å². The normalized spacial score (nSPS) is 32.9. The minimum Gasteiger partial charge on any atom is -0.103 e. The van der Waals surface area contributed by atoms with Crippen molar-refractivity contribution in [2.75, 3.05) is 0 Å². The Balaban J connectivity index is 2.21. The molecular weight excluding hydrogens is 144 g/mol. The van der Waals surface area contributed by atoms with Gasteiger partial charge in [0.2, 0.25) is 0 Å². The summed E-state index contributed by atoms with van der Waals surface area (Å²) in [6, 6.07) is 10.7. The predicted octanol–water partition coefficient (Wildman–Crippen LogP) is 3.37. The fraction of sp³-hybridized carbons (Fsp3) is 0.333. The van der Waals surface area contributed by atoms with E-state index in [2.05, 4.69) is 49.9 Å². The Labute approximate surface area is 73.9 Å². The largest absolute Gasteiger partial charge is 0.103 e. The van der Waals surface area contributed by atoms with Crippen molar-refractivity contribution < 1.29 is 0 Å². The molecule has 0 heterocycles. The molecule has 0 N–H and O–H groups in total. The Morgan fingerprint density at radius 2 is 2.08 bits per heavy atom. The summed E-state index contributed by atoms with van der Waals surface area (Å²) >= 11 is 0. The van der Waals surface area contributed by atoms with E-state index < -0.39 is 0 Å². The monoisotopic (exact) mass is 158 g/mol. The van der Waals surface area contributed by atoms with Gasteiger partial charge in [0.05, 0.1) is 0 Å². The summed E-state index contributed by atoms with van der Waals surface area (Å²) in [6.45, 7) is 6.15. The second-order valence-corrected chi connectivity index (χ2v) is 3.88. The molecule has 0 aromatic heterocycles. The van der Waals surface area contributed by atoms with E-state index in [4.69, 9.17) is 0 Å². The van der Waals surface area contributed by atoms with E-state index >= 15 is 0 Å². The molecule has 1 aromatic carbocycles. The van der Waals surface area contributed by atoms with E-state index in [9.17, 15) is 0 Å². The minimum atomic E-state index is 0.376. The van der Waals surface area contributed by atoms with Crippen molar-refractivity contribution in [3.05, 3.63) is 48.6 Å². The molecule has 12 heavy (non-hydrogen) atoms. The Morgan fingerprint density at radius 3 is 2.58 bits per heavy atom. The van der Waals surface area contributed by atoms with E-state index in [-0.39, 0.29) is 0 Å². The third kappa shape index (κ3) is 1.08. The number of benzene rings is 1. The van der Waals surface area contributed by atoms with Crippen molar-refractivity contribution in [3.8, 4) is 0 Å². The summed E-state index contributed by atoms with van der Waals surface area (Å²) in [5.74, 6) is 0.719.